The highest BCUT2D eigenvalue weighted by molar-refractivity contribution is 5.56. The molecule has 4 nitrogen and oxygen atoms in total. The van der Waals surface area contributed by atoms with Crippen molar-refractivity contribution < 1.29 is 13.5 Å². The standard InChI is InChI=1S/C12H15F2N3O/c1-8-5-9(2)17-12(10(8)6-15)16-3-4-18-7-11(13)14/h5,11H,3-4,7H2,1-2H3,(H,16,17). The van der Waals surface area contributed by atoms with Crippen molar-refractivity contribution in [3.05, 3.63) is 22.9 Å². The number of aromatic nitrogens is 1. The SMILES string of the molecule is Cc1cc(C)c(C#N)c(NCCOCC(F)F)n1. The van der Waals surface area contributed by atoms with Gasteiger partial charge in [0.2, 0.25) is 0 Å². The van der Waals surface area contributed by atoms with Crippen LogP contribution >= 0.6 is 0 Å². The van der Waals surface area contributed by atoms with E-state index < -0.39 is 13.0 Å². The van der Waals surface area contributed by atoms with Crippen molar-refractivity contribution in [3.8, 4) is 6.07 Å². The molecule has 0 radical (unpaired) electrons. The fourth-order valence-corrected chi connectivity index (χ4v) is 1.52. The summed E-state index contributed by atoms with van der Waals surface area (Å²) in [5, 5.41) is 11.9. The lowest BCUT2D eigenvalue weighted by molar-refractivity contribution is 0.0215. The van der Waals surface area contributed by atoms with E-state index in [1.807, 2.05) is 19.9 Å². The van der Waals surface area contributed by atoms with Crippen molar-refractivity contribution in [2.75, 3.05) is 25.1 Å². The van der Waals surface area contributed by atoms with Crippen molar-refractivity contribution in [2.24, 2.45) is 0 Å². The molecule has 0 amide bonds. The highest BCUT2D eigenvalue weighted by Gasteiger charge is 2.08. The molecule has 0 unspecified atom stereocenters. The Morgan fingerprint density at radius 2 is 2.22 bits per heavy atom. The third-order valence-corrected chi connectivity index (χ3v) is 2.24. The largest absolute Gasteiger partial charge is 0.374 e. The molecule has 0 saturated carbocycles. The van der Waals surface area contributed by atoms with Gasteiger partial charge >= 0.3 is 0 Å². The minimum Gasteiger partial charge on any atom is -0.374 e. The Bertz CT molecular complexity index is 444. The van der Waals surface area contributed by atoms with E-state index in [1.165, 1.54) is 0 Å². The normalized spacial score (nSPS) is 10.4. The summed E-state index contributed by atoms with van der Waals surface area (Å²) in [6.45, 7) is 3.55. The molecule has 0 saturated heterocycles. The molecule has 0 fully saturated rings. The van der Waals surface area contributed by atoms with Gasteiger partial charge in [-0.1, -0.05) is 0 Å². The van der Waals surface area contributed by atoms with E-state index >= 15 is 0 Å². The molecule has 0 spiro atoms. The topological polar surface area (TPSA) is 57.9 Å². The lowest BCUT2D eigenvalue weighted by Gasteiger charge is -2.10. The molecule has 0 bridgehead atoms. The Hall–Kier alpha value is -1.74. The van der Waals surface area contributed by atoms with Crippen LogP contribution in [0.2, 0.25) is 0 Å². The van der Waals surface area contributed by atoms with E-state index in [9.17, 15) is 8.78 Å². The average molecular weight is 255 g/mol. The van der Waals surface area contributed by atoms with E-state index in [-0.39, 0.29) is 6.61 Å². The van der Waals surface area contributed by atoms with Crippen molar-refractivity contribution in [1.29, 1.82) is 5.26 Å². The van der Waals surface area contributed by atoms with Gasteiger partial charge in [0.15, 0.2) is 0 Å². The van der Waals surface area contributed by atoms with Crippen LogP contribution in [0.4, 0.5) is 14.6 Å². The first-order valence-corrected chi connectivity index (χ1v) is 5.52. The quantitative estimate of drug-likeness (QED) is 0.792. The maximum absolute atomic E-state index is 11.8. The van der Waals surface area contributed by atoms with Gasteiger partial charge in [-0.2, -0.15) is 5.26 Å². The lowest BCUT2D eigenvalue weighted by Crippen LogP contribution is -2.15. The number of anilines is 1. The summed E-state index contributed by atoms with van der Waals surface area (Å²) in [5.41, 5.74) is 2.10. The molecule has 1 N–H and O–H groups in total. The number of nitrogens with one attached hydrogen (secondary N) is 1. The van der Waals surface area contributed by atoms with Crippen LogP contribution in [0.5, 0.6) is 0 Å². The van der Waals surface area contributed by atoms with Gasteiger partial charge in [-0.15, -0.1) is 0 Å². The number of ether oxygens (including phenoxy) is 1. The molecule has 1 heterocycles. The van der Waals surface area contributed by atoms with Gasteiger partial charge < -0.3 is 10.1 Å². The van der Waals surface area contributed by atoms with Crippen LogP contribution in [0.25, 0.3) is 0 Å². The second kappa shape index (κ2) is 6.87. The van der Waals surface area contributed by atoms with Crippen molar-refractivity contribution in [3.63, 3.8) is 0 Å². The number of hydrogen-bond acceptors (Lipinski definition) is 4. The molecule has 1 aromatic rings. The number of nitrogens with zero attached hydrogens (tertiary/aromatic N) is 2. The molecule has 0 aliphatic carbocycles. The van der Waals surface area contributed by atoms with E-state index in [0.29, 0.717) is 17.9 Å². The summed E-state index contributed by atoms with van der Waals surface area (Å²) in [5.74, 6) is 0.468. The zero-order chi connectivity index (χ0) is 13.5. The second-order valence-corrected chi connectivity index (χ2v) is 3.81. The predicted molar refractivity (Wildman–Crippen MR) is 63.7 cm³/mol. The van der Waals surface area contributed by atoms with Crippen LogP contribution in [-0.4, -0.2) is 31.2 Å². The molecular formula is C12H15F2N3O. The molecule has 0 aliphatic heterocycles. The second-order valence-electron chi connectivity index (χ2n) is 3.81. The molecule has 6 heteroatoms. The molecule has 0 atom stereocenters. The monoisotopic (exact) mass is 255 g/mol. The number of nitriles is 1. The van der Waals surface area contributed by atoms with Gasteiger partial charge in [-0.25, -0.2) is 13.8 Å². The molecule has 0 aromatic carbocycles. The zero-order valence-electron chi connectivity index (χ0n) is 10.3. The van der Waals surface area contributed by atoms with E-state index in [4.69, 9.17) is 10.00 Å². The summed E-state index contributed by atoms with van der Waals surface area (Å²) in [6.07, 6.45) is -2.46. The molecule has 0 aliphatic rings. The first kappa shape index (κ1) is 14.3. The van der Waals surface area contributed by atoms with Crippen LogP contribution in [0.3, 0.4) is 0 Å². The van der Waals surface area contributed by atoms with Gasteiger partial charge in [0, 0.05) is 12.2 Å². The Morgan fingerprint density at radius 3 is 2.83 bits per heavy atom. The predicted octanol–water partition coefficient (Wildman–Crippen LogP) is 2.26. The summed E-state index contributed by atoms with van der Waals surface area (Å²) >= 11 is 0. The smallest absolute Gasteiger partial charge is 0.261 e. The molecule has 1 rings (SSSR count). The van der Waals surface area contributed by atoms with Gasteiger partial charge in [0.25, 0.3) is 6.43 Å². The summed E-state index contributed by atoms with van der Waals surface area (Å²) < 4.78 is 28.3. The number of halogens is 2. The van der Waals surface area contributed by atoms with Crippen LogP contribution in [-0.2, 0) is 4.74 Å². The fourth-order valence-electron chi connectivity index (χ4n) is 1.52. The van der Waals surface area contributed by atoms with E-state index in [2.05, 4.69) is 16.4 Å². The van der Waals surface area contributed by atoms with Gasteiger partial charge in [0.05, 0.1) is 12.2 Å². The van der Waals surface area contributed by atoms with Crippen molar-refractivity contribution in [1.82, 2.24) is 4.98 Å². The summed E-state index contributed by atoms with van der Waals surface area (Å²) in [7, 11) is 0. The Balaban J connectivity index is 2.54. The first-order valence-electron chi connectivity index (χ1n) is 5.52. The maximum atomic E-state index is 11.8. The summed E-state index contributed by atoms with van der Waals surface area (Å²) in [4.78, 5) is 4.20. The third-order valence-electron chi connectivity index (χ3n) is 2.24. The minimum atomic E-state index is -2.46. The molecule has 1 aromatic heterocycles. The lowest BCUT2D eigenvalue weighted by atomic mass is 10.1. The molecule has 18 heavy (non-hydrogen) atoms. The Labute approximate surface area is 105 Å². The highest BCUT2D eigenvalue weighted by Crippen LogP contribution is 2.17. The zero-order valence-corrected chi connectivity index (χ0v) is 10.3. The van der Waals surface area contributed by atoms with E-state index in [0.717, 1.165) is 11.3 Å². The Kier molecular flexibility index (Phi) is 5.46. The number of rotatable bonds is 6. The molecular weight excluding hydrogens is 240 g/mol. The van der Waals surface area contributed by atoms with Crippen LogP contribution < -0.4 is 5.32 Å². The first-order chi connectivity index (χ1) is 8.54. The van der Waals surface area contributed by atoms with Crippen molar-refractivity contribution in [2.45, 2.75) is 20.3 Å². The maximum Gasteiger partial charge on any atom is 0.261 e. The van der Waals surface area contributed by atoms with Crippen molar-refractivity contribution >= 4 is 5.82 Å². The van der Waals surface area contributed by atoms with Gasteiger partial charge in [0.1, 0.15) is 18.5 Å². The highest BCUT2D eigenvalue weighted by atomic mass is 19.3. The van der Waals surface area contributed by atoms with Crippen LogP contribution in [0, 0.1) is 25.2 Å². The fraction of sp³-hybridized carbons (Fsp3) is 0.500. The summed E-state index contributed by atoms with van der Waals surface area (Å²) in [6, 6.07) is 3.88. The minimum absolute atomic E-state index is 0.143. The number of aryl methyl sites for hydroxylation is 2. The Morgan fingerprint density at radius 1 is 1.50 bits per heavy atom. The average Bonchev–Trinajstić information content (AvgIpc) is 2.27. The number of pyridine rings is 1. The van der Waals surface area contributed by atoms with Gasteiger partial charge in [-0.05, 0) is 25.5 Å². The van der Waals surface area contributed by atoms with E-state index in [1.54, 1.807) is 0 Å². The third kappa shape index (κ3) is 4.26. The van der Waals surface area contributed by atoms with Gasteiger partial charge in [-0.3, -0.25) is 0 Å². The van der Waals surface area contributed by atoms with Crippen LogP contribution in [0.1, 0.15) is 16.8 Å². The number of alkyl halides is 2. The number of hydrogen-bond donors (Lipinski definition) is 1. The molecule has 98 valence electrons. The van der Waals surface area contributed by atoms with Crippen LogP contribution in [0.15, 0.2) is 6.07 Å².